The van der Waals surface area contributed by atoms with E-state index in [-0.39, 0.29) is 28.1 Å². The highest BCUT2D eigenvalue weighted by atomic mass is 79.9. The fourth-order valence-electron chi connectivity index (χ4n) is 2.35. The highest BCUT2D eigenvalue weighted by Crippen LogP contribution is 2.37. The summed E-state index contributed by atoms with van der Waals surface area (Å²) >= 11 is 9.52. The Balaban J connectivity index is 1.96. The average Bonchev–Trinajstić information content (AvgIpc) is 2.98. The molecule has 1 aliphatic heterocycles. The van der Waals surface area contributed by atoms with E-state index in [0.29, 0.717) is 11.1 Å². The summed E-state index contributed by atoms with van der Waals surface area (Å²) in [5, 5.41) is 0.167. The van der Waals surface area contributed by atoms with E-state index in [9.17, 15) is 9.59 Å². The molecule has 8 heteroatoms. The third-order valence-corrected chi connectivity index (χ3v) is 4.32. The lowest BCUT2D eigenvalue weighted by Crippen LogP contribution is -2.05. The van der Waals surface area contributed by atoms with Gasteiger partial charge in [-0.3, -0.25) is 4.79 Å². The van der Waals surface area contributed by atoms with Gasteiger partial charge in [0.2, 0.25) is 5.90 Å². The number of aliphatic imine (C=N–C) groups is 1. The zero-order chi connectivity index (χ0) is 19.6. The van der Waals surface area contributed by atoms with Crippen LogP contribution in [0.2, 0.25) is 5.02 Å². The Labute approximate surface area is 168 Å². The van der Waals surface area contributed by atoms with Crippen molar-refractivity contribution in [2.24, 2.45) is 4.99 Å². The van der Waals surface area contributed by atoms with Crippen molar-refractivity contribution in [3.63, 3.8) is 0 Å². The van der Waals surface area contributed by atoms with E-state index in [1.807, 2.05) is 12.1 Å². The first-order valence-corrected chi connectivity index (χ1v) is 8.89. The smallest absolute Gasteiger partial charge is 0.363 e. The lowest BCUT2D eigenvalue weighted by atomic mass is 10.1. The van der Waals surface area contributed by atoms with Gasteiger partial charge in [-0.2, -0.15) is 0 Å². The number of carbonyl (C=O) groups is 2. The van der Waals surface area contributed by atoms with Gasteiger partial charge in [0.05, 0.1) is 12.1 Å². The molecule has 0 saturated carbocycles. The number of esters is 2. The summed E-state index contributed by atoms with van der Waals surface area (Å²) in [5.41, 5.74) is 1.34. The molecule has 0 atom stereocenters. The number of carbonyl (C=O) groups excluding carboxylic acids is 2. The number of hydrogen-bond acceptors (Lipinski definition) is 6. The topological polar surface area (TPSA) is 74.2 Å². The van der Waals surface area contributed by atoms with Crippen LogP contribution in [0.4, 0.5) is 0 Å². The molecule has 0 radical (unpaired) electrons. The van der Waals surface area contributed by atoms with Gasteiger partial charge in [0.15, 0.2) is 17.2 Å². The van der Waals surface area contributed by atoms with Gasteiger partial charge in [-0.15, -0.1) is 0 Å². The second kappa shape index (κ2) is 7.94. The van der Waals surface area contributed by atoms with Gasteiger partial charge in [0.25, 0.3) is 0 Å². The number of nitrogens with zero attached hydrogens (tertiary/aromatic N) is 1. The molecule has 3 rings (SSSR count). The number of ether oxygens (including phenoxy) is 3. The van der Waals surface area contributed by atoms with Crippen LogP contribution in [0.5, 0.6) is 11.5 Å². The largest absolute Gasteiger partial charge is 0.493 e. The fourth-order valence-corrected chi connectivity index (χ4v) is 2.87. The van der Waals surface area contributed by atoms with Crippen molar-refractivity contribution in [2.75, 3.05) is 7.11 Å². The van der Waals surface area contributed by atoms with E-state index in [2.05, 4.69) is 20.9 Å². The van der Waals surface area contributed by atoms with E-state index in [4.69, 9.17) is 25.8 Å². The number of methoxy groups -OCH3 is 1. The van der Waals surface area contributed by atoms with E-state index >= 15 is 0 Å². The number of benzene rings is 2. The molecule has 0 unspecified atom stereocenters. The Morgan fingerprint density at radius 1 is 1.26 bits per heavy atom. The molecule has 1 heterocycles. The quantitative estimate of drug-likeness (QED) is 0.393. The molecule has 1 aliphatic rings. The van der Waals surface area contributed by atoms with Crippen LogP contribution >= 0.6 is 27.5 Å². The minimum Gasteiger partial charge on any atom is -0.493 e. The second-order valence-electron chi connectivity index (χ2n) is 5.47. The zero-order valence-corrected chi connectivity index (χ0v) is 16.6. The van der Waals surface area contributed by atoms with Gasteiger partial charge in [-0.25, -0.2) is 9.79 Å². The van der Waals surface area contributed by atoms with Crippen LogP contribution in [-0.2, 0) is 14.3 Å². The zero-order valence-electron chi connectivity index (χ0n) is 14.3. The number of halogens is 2. The first-order valence-electron chi connectivity index (χ1n) is 7.72. The van der Waals surface area contributed by atoms with Crippen LogP contribution in [-0.4, -0.2) is 24.9 Å². The fraction of sp³-hybridized carbons (Fsp3) is 0.105. The van der Waals surface area contributed by atoms with Crippen molar-refractivity contribution in [3.05, 3.63) is 62.7 Å². The monoisotopic (exact) mass is 449 g/mol. The van der Waals surface area contributed by atoms with Crippen molar-refractivity contribution < 1.29 is 23.8 Å². The van der Waals surface area contributed by atoms with E-state index in [1.165, 1.54) is 26.2 Å². The van der Waals surface area contributed by atoms with Gasteiger partial charge in [-0.1, -0.05) is 27.5 Å². The summed E-state index contributed by atoms with van der Waals surface area (Å²) in [6, 6.07) is 10.3. The number of hydrogen-bond donors (Lipinski definition) is 0. The van der Waals surface area contributed by atoms with E-state index in [0.717, 1.165) is 4.47 Å². The summed E-state index contributed by atoms with van der Waals surface area (Å²) in [6.07, 6.45) is 1.51. The van der Waals surface area contributed by atoms with Crippen molar-refractivity contribution in [1.82, 2.24) is 0 Å². The average molecular weight is 451 g/mol. The van der Waals surface area contributed by atoms with Crippen molar-refractivity contribution in [1.29, 1.82) is 0 Å². The normalized spacial score (nSPS) is 14.7. The highest BCUT2D eigenvalue weighted by molar-refractivity contribution is 9.10. The molecular weight excluding hydrogens is 438 g/mol. The van der Waals surface area contributed by atoms with Crippen LogP contribution in [0, 0.1) is 0 Å². The van der Waals surface area contributed by atoms with E-state index in [1.54, 1.807) is 18.2 Å². The second-order valence-corrected chi connectivity index (χ2v) is 6.79. The maximum Gasteiger partial charge on any atom is 0.363 e. The first-order chi connectivity index (χ1) is 12.9. The van der Waals surface area contributed by atoms with Crippen LogP contribution in [0.3, 0.4) is 0 Å². The molecule has 0 spiro atoms. The Morgan fingerprint density at radius 2 is 1.96 bits per heavy atom. The molecule has 0 aromatic heterocycles. The highest BCUT2D eigenvalue weighted by Gasteiger charge is 2.24. The molecule has 6 nitrogen and oxygen atoms in total. The Kier molecular flexibility index (Phi) is 5.62. The molecule has 138 valence electrons. The van der Waals surface area contributed by atoms with Crippen LogP contribution in [0.25, 0.3) is 6.08 Å². The van der Waals surface area contributed by atoms with E-state index < -0.39 is 11.9 Å². The van der Waals surface area contributed by atoms with Gasteiger partial charge < -0.3 is 14.2 Å². The Morgan fingerprint density at radius 3 is 2.59 bits per heavy atom. The maximum absolute atomic E-state index is 12.1. The van der Waals surface area contributed by atoms with Gasteiger partial charge in [-0.05, 0) is 48.0 Å². The molecule has 2 aromatic rings. The minimum atomic E-state index is -0.577. The summed E-state index contributed by atoms with van der Waals surface area (Å²) in [4.78, 5) is 27.6. The lowest BCUT2D eigenvalue weighted by molar-refractivity contribution is -0.132. The Bertz CT molecular complexity index is 982. The van der Waals surface area contributed by atoms with Crippen molar-refractivity contribution in [3.8, 4) is 11.5 Å². The van der Waals surface area contributed by atoms with Crippen molar-refractivity contribution in [2.45, 2.75) is 6.92 Å². The van der Waals surface area contributed by atoms with Crippen LogP contribution in [0.1, 0.15) is 18.1 Å². The molecule has 0 N–H and O–H groups in total. The summed E-state index contributed by atoms with van der Waals surface area (Å²) < 4.78 is 16.4. The minimum absolute atomic E-state index is 0.113. The summed E-state index contributed by atoms with van der Waals surface area (Å²) in [5.74, 6) is -0.514. The molecule has 0 saturated heterocycles. The summed E-state index contributed by atoms with van der Waals surface area (Å²) in [6.45, 7) is 1.26. The third kappa shape index (κ3) is 4.37. The molecule has 0 fully saturated rings. The molecule has 27 heavy (non-hydrogen) atoms. The van der Waals surface area contributed by atoms with Gasteiger partial charge in [0.1, 0.15) is 0 Å². The number of cyclic esters (lactones) is 1. The molecule has 0 aliphatic carbocycles. The van der Waals surface area contributed by atoms with Gasteiger partial charge >= 0.3 is 11.9 Å². The predicted molar refractivity (Wildman–Crippen MR) is 104 cm³/mol. The Hall–Kier alpha value is -2.64. The van der Waals surface area contributed by atoms with Crippen molar-refractivity contribution >= 4 is 51.4 Å². The first kappa shape index (κ1) is 19.1. The molecular formula is C19H13BrClNO5. The molecule has 2 aromatic carbocycles. The lowest BCUT2D eigenvalue weighted by Gasteiger charge is -2.10. The third-order valence-electron chi connectivity index (χ3n) is 3.51. The SMILES string of the molecule is COc1cc(/C=C2\N=C(c3ccc(Br)cc3)OC2=O)cc(Cl)c1OC(C)=O. The maximum atomic E-state index is 12.1. The standard InChI is InChI=1S/C19H13BrClNO5/c1-10(23)26-17-14(21)7-11(9-16(17)25-2)8-15-19(24)27-18(22-15)12-3-5-13(20)6-4-12/h3-9H,1-2H3/b15-8-. The molecule has 0 amide bonds. The van der Waals surface area contributed by atoms with Gasteiger partial charge in [0, 0.05) is 17.0 Å². The van der Waals surface area contributed by atoms with Crippen LogP contribution in [0.15, 0.2) is 51.6 Å². The van der Waals surface area contributed by atoms with Crippen LogP contribution < -0.4 is 9.47 Å². The molecule has 0 bridgehead atoms. The predicted octanol–water partition coefficient (Wildman–Crippen LogP) is 4.38. The summed E-state index contributed by atoms with van der Waals surface area (Å²) in [7, 11) is 1.42. The number of rotatable bonds is 4.